The van der Waals surface area contributed by atoms with Gasteiger partial charge in [-0.15, -0.1) is 0 Å². The highest BCUT2D eigenvalue weighted by Crippen LogP contribution is 2.24. The second-order valence-electron chi connectivity index (χ2n) is 6.29. The number of methoxy groups -OCH3 is 1. The standard InChI is InChI=1S/C19H19ClN6O2/c1-28-17-13-21-12-16(23-17)25-9-7-24(8-10-25)15-11-22-26(19(27)18(15)20)14-5-3-2-4-6-14/h2-6,11-13H,7-10H2,1H3. The average Bonchev–Trinajstić information content (AvgIpc) is 2.76. The number of piperazine rings is 1. The average molecular weight is 399 g/mol. The summed E-state index contributed by atoms with van der Waals surface area (Å²) in [6.45, 7) is 2.82. The molecule has 2 aromatic heterocycles. The molecule has 0 spiro atoms. The molecule has 0 atom stereocenters. The predicted octanol–water partition coefficient (Wildman–Crippen LogP) is 2.01. The van der Waals surface area contributed by atoms with Crippen LogP contribution in [0.5, 0.6) is 5.88 Å². The third-order valence-corrected chi connectivity index (χ3v) is 5.01. The maximum absolute atomic E-state index is 12.7. The van der Waals surface area contributed by atoms with Gasteiger partial charge in [-0.25, -0.2) is 0 Å². The second-order valence-corrected chi connectivity index (χ2v) is 6.67. The van der Waals surface area contributed by atoms with E-state index in [1.165, 1.54) is 4.68 Å². The van der Waals surface area contributed by atoms with Crippen LogP contribution in [-0.2, 0) is 0 Å². The molecule has 0 saturated carbocycles. The molecule has 0 bridgehead atoms. The van der Waals surface area contributed by atoms with Gasteiger partial charge in [-0.1, -0.05) is 29.8 Å². The van der Waals surface area contributed by atoms with E-state index in [1.54, 1.807) is 25.7 Å². The van der Waals surface area contributed by atoms with Crippen LogP contribution in [0.15, 0.2) is 53.7 Å². The number of para-hydroxylation sites is 1. The van der Waals surface area contributed by atoms with Crippen LogP contribution in [-0.4, -0.2) is 53.0 Å². The molecule has 3 aromatic rings. The van der Waals surface area contributed by atoms with Crippen molar-refractivity contribution < 1.29 is 4.74 Å². The zero-order chi connectivity index (χ0) is 19.5. The van der Waals surface area contributed by atoms with Crippen molar-refractivity contribution in [1.29, 1.82) is 0 Å². The molecule has 0 amide bonds. The van der Waals surface area contributed by atoms with Crippen LogP contribution in [0.3, 0.4) is 0 Å². The number of hydrogen-bond donors (Lipinski definition) is 0. The largest absolute Gasteiger partial charge is 0.480 e. The third kappa shape index (κ3) is 3.50. The molecule has 1 fully saturated rings. The third-order valence-electron chi connectivity index (χ3n) is 4.65. The first-order chi connectivity index (χ1) is 13.7. The number of halogens is 1. The summed E-state index contributed by atoms with van der Waals surface area (Å²) >= 11 is 6.41. The van der Waals surface area contributed by atoms with E-state index in [2.05, 4.69) is 24.9 Å². The minimum atomic E-state index is -0.327. The summed E-state index contributed by atoms with van der Waals surface area (Å²) < 4.78 is 6.45. The van der Waals surface area contributed by atoms with Crippen LogP contribution in [0.1, 0.15) is 0 Å². The molecule has 9 heteroatoms. The molecule has 1 aliphatic heterocycles. The van der Waals surface area contributed by atoms with E-state index in [0.717, 1.165) is 18.9 Å². The Hall–Kier alpha value is -3.13. The molecule has 8 nitrogen and oxygen atoms in total. The number of benzene rings is 1. The Morgan fingerprint density at radius 3 is 2.43 bits per heavy atom. The van der Waals surface area contributed by atoms with E-state index in [9.17, 15) is 4.79 Å². The monoisotopic (exact) mass is 398 g/mol. The first-order valence-corrected chi connectivity index (χ1v) is 9.24. The van der Waals surface area contributed by atoms with Gasteiger partial charge in [-0.05, 0) is 12.1 Å². The summed E-state index contributed by atoms with van der Waals surface area (Å²) in [4.78, 5) is 25.5. The van der Waals surface area contributed by atoms with Crippen molar-refractivity contribution in [1.82, 2.24) is 19.7 Å². The minimum Gasteiger partial charge on any atom is -0.480 e. The first-order valence-electron chi connectivity index (χ1n) is 8.86. The molecular weight excluding hydrogens is 380 g/mol. The molecule has 1 aliphatic rings. The highest BCUT2D eigenvalue weighted by molar-refractivity contribution is 6.33. The lowest BCUT2D eigenvalue weighted by Crippen LogP contribution is -2.47. The van der Waals surface area contributed by atoms with Gasteiger partial charge in [0, 0.05) is 26.2 Å². The molecule has 28 heavy (non-hydrogen) atoms. The summed E-state index contributed by atoms with van der Waals surface area (Å²) in [6, 6.07) is 9.23. The SMILES string of the molecule is COc1cncc(N2CCN(c3cnn(-c4ccccc4)c(=O)c3Cl)CC2)n1. The molecule has 1 aromatic carbocycles. The Bertz CT molecular complexity index is 1020. The Kier molecular flexibility index (Phi) is 5.12. The molecule has 0 N–H and O–H groups in total. The fourth-order valence-electron chi connectivity index (χ4n) is 3.16. The van der Waals surface area contributed by atoms with Crippen molar-refractivity contribution in [3.8, 4) is 11.6 Å². The van der Waals surface area contributed by atoms with Crippen molar-refractivity contribution >= 4 is 23.1 Å². The number of nitrogens with zero attached hydrogens (tertiary/aromatic N) is 6. The van der Waals surface area contributed by atoms with E-state index >= 15 is 0 Å². The van der Waals surface area contributed by atoms with Gasteiger partial charge in [0.05, 0.1) is 37.1 Å². The van der Waals surface area contributed by atoms with E-state index in [0.29, 0.717) is 30.3 Å². The van der Waals surface area contributed by atoms with Gasteiger partial charge in [0.2, 0.25) is 5.88 Å². The van der Waals surface area contributed by atoms with Gasteiger partial charge < -0.3 is 14.5 Å². The summed E-state index contributed by atoms with van der Waals surface area (Å²) in [6.07, 6.45) is 4.94. The maximum Gasteiger partial charge on any atom is 0.292 e. The van der Waals surface area contributed by atoms with Crippen molar-refractivity contribution in [2.75, 3.05) is 43.1 Å². The van der Waals surface area contributed by atoms with Crippen LogP contribution in [0.2, 0.25) is 5.02 Å². The van der Waals surface area contributed by atoms with E-state index < -0.39 is 0 Å². The van der Waals surface area contributed by atoms with E-state index in [-0.39, 0.29) is 10.6 Å². The summed E-state index contributed by atoms with van der Waals surface area (Å²) in [5.74, 6) is 1.25. The van der Waals surface area contributed by atoms with Gasteiger partial charge in [-0.3, -0.25) is 9.78 Å². The van der Waals surface area contributed by atoms with Crippen molar-refractivity contribution in [2.45, 2.75) is 0 Å². The minimum absolute atomic E-state index is 0.175. The van der Waals surface area contributed by atoms with E-state index in [4.69, 9.17) is 16.3 Å². The Labute approximate surface area is 167 Å². The molecule has 3 heterocycles. The number of ether oxygens (including phenoxy) is 1. The molecule has 144 valence electrons. The molecular formula is C19H19ClN6O2. The smallest absolute Gasteiger partial charge is 0.292 e. The molecule has 0 aliphatic carbocycles. The number of anilines is 2. The van der Waals surface area contributed by atoms with Crippen LogP contribution in [0.25, 0.3) is 5.69 Å². The fraction of sp³-hybridized carbons (Fsp3) is 0.263. The number of aromatic nitrogens is 4. The van der Waals surface area contributed by atoms with Gasteiger partial charge >= 0.3 is 0 Å². The summed E-state index contributed by atoms with van der Waals surface area (Å²) in [5.41, 5.74) is 1.00. The summed E-state index contributed by atoms with van der Waals surface area (Å²) in [7, 11) is 1.57. The van der Waals surface area contributed by atoms with Gasteiger partial charge in [0.1, 0.15) is 5.02 Å². The van der Waals surface area contributed by atoms with Crippen molar-refractivity contribution in [3.63, 3.8) is 0 Å². The summed E-state index contributed by atoms with van der Waals surface area (Å²) in [5, 5.41) is 4.48. The van der Waals surface area contributed by atoms with Crippen LogP contribution >= 0.6 is 11.6 Å². The van der Waals surface area contributed by atoms with Crippen LogP contribution in [0.4, 0.5) is 11.5 Å². The maximum atomic E-state index is 12.7. The van der Waals surface area contributed by atoms with E-state index in [1.807, 2.05) is 30.3 Å². The lowest BCUT2D eigenvalue weighted by molar-refractivity contribution is 0.395. The lowest BCUT2D eigenvalue weighted by Gasteiger charge is -2.36. The fourth-order valence-corrected chi connectivity index (χ4v) is 3.41. The quantitative estimate of drug-likeness (QED) is 0.665. The lowest BCUT2D eigenvalue weighted by atomic mass is 10.2. The Balaban J connectivity index is 1.52. The molecule has 0 unspecified atom stereocenters. The Morgan fingerprint density at radius 1 is 1.00 bits per heavy atom. The number of hydrogen-bond acceptors (Lipinski definition) is 7. The normalized spacial score (nSPS) is 14.2. The zero-order valence-electron chi connectivity index (χ0n) is 15.3. The van der Waals surface area contributed by atoms with Crippen LogP contribution < -0.4 is 20.1 Å². The highest BCUT2D eigenvalue weighted by atomic mass is 35.5. The van der Waals surface area contributed by atoms with Gasteiger partial charge in [0.15, 0.2) is 5.82 Å². The topological polar surface area (TPSA) is 76.4 Å². The predicted molar refractivity (Wildman–Crippen MR) is 108 cm³/mol. The number of rotatable bonds is 4. The first kappa shape index (κ1) is 18.2. The molecule has 1 saturated heterocycles. The molecule has 0 radical (unpaired) electrons. The second kappa shape index (κ2) is 7.85. The van der Waals surface area contributed by atoms with Crippen molar-refractivity contribution in [2.24, 2.45) is 0 Å². The van der Waals surface area contributed by atoms with Crippen molar-refractivity contribution in [3.05, 3.63) is 64.3 Å². The van der Waals surface area contributed by atoms with Gasteiger partial charge in [-0.2, -0.15) is 14.8 Å². The van der Waals surface area contributed by atoms with Gasteiger partial charge in [0.25, 0.3) is 5.56 Å². The zero-order valence-corrected chi connectivity index (χ0v) is 16.1. The highest BCUT2D eigenvalue weighted by Gasteiger charge is 2.22. The van der Waals surface area contributed by atoms with Crippen LogP contribution in [0, 0.1) is 0 Å². The Morgan fingerprint density at radius 2 is 1.71 bits per heavy atom. The molecule has 4 rings (SSSR count).